The van der Waals surface area contributed by atoms with Crippen LogP contribution >= 0.6 is 11.6 Å². The van der Waals surface area contributed by atoms with Gasteiger partial charge in [0.2, 0.25) is 0 Å². The lowest BCUT2D eigenvalue weighted by Crippen LogP contribution is -2.31. The fourth-order valence-electron chi connectivity index (χ4n) is 2.36. The van der Waals surface area contributed by atoms with E-state index in [1.165, 1.54) is 7.11 Å². The van der Waals surface area contributed by atoms with Gasteiger partial charge in [-0.3, -0.25) is 4.79 Å². The maximum atomic E-state index is 11.5. The molecular formula is C16H22ClNO3. The second kappa shape index (κ2) is 6.24. The average Bonchev–Trinajstić information content (AvgIpc) is 2.87. The first kappa shape index (κ1) is 16.1. The van der Waals surface area contributed by atoms with Crippen molar-refractivity contribution in [2.24, 2.45) is 0 Å². The lowest BCUT2D eigenvalue weighted by Gasteiger charge is -2.21. The minimum Gasteiger partial charge on any atom is -0.487 e. The van der Waals surface area contributed by atoms with Gasteiger partial charge in [0.05, 0.1) is 12.1 Å². The van der Waals surface area contributed by atoms with Crippen molar-refractivity contribution in [3.05, 3.63) is 28.8 Å². The second-order valence-electron chi connectivity index (χ2n) is 6.35. The van der Waals surface area contributed by atoms with Crippen molar-refractivity contribution in [1.82, 2.24) is 5.32 Å². The summed E-state index contributed by atoms with van der Waals surface area (Å²) in [6.45, 7) is 7.03. The fourth-order valence-corrected chi connectivity index (χ4v) is 2.58. The molecule has 1 aliphatic rings. The van der Waals surface area contributed by atoms with Crippen LogP contribution in [-0.4, -0.2) is 31.8 Å². The van der Waals surface area contributed by atoms with Crippen molar-refractivity contribution in [1.29, 1.82) is 0 Å². The van der Waals surface area contributed by atoms with Gasteiger partial charge in [-0.2, -0.15) is 0 Å². The molecule has 116 valence electrons. The smallest absolute Gasteiger partial charge is 0.323 e. The van der Waals surface area contributed by atoms with Gasteiger partial charge in [0.1, 0.15) is 17.9 Å². The molecule has 0 radical (unpaired) electrons. The Hall–Kier alpha value is -1.26. The number of benzene rings is 1. The van der Waals surface area contributed by atoms with Crippen molar-refractivity contribution in [2.45, 2.75) is 44.8 Å². The Morgan fingerprint density at radius 3 is 2.67 bits per heavy atom. The highest BCUT2D eigenvalue weighted by Crippen LogP contribution is 2.32. The summed E-state index contributed by atoms with van der Waals surface area (Å²) in [6, 6.07) is 5.57. The zero-order valence-electron chi connectivity index (χ0n) is 12.9. The Bertz CT molecular complexity index is 525. The van der Waals surface area contributed by atoms with Gasteiger partial charge in [-0.05, 0) is 23.1 Å². The summed E-state index contributed by atoms with van der Waals surface area (Å²) in [5.74, 6) is 0.400. The van der Waals surface area contributed by atoms with Gasteiger partial charge >= 0.3 is 5.97 Å². The average molecular weight is 312 g/mol. The van der Waals surface area contributed by atoms with E-state index in [2.05, 4.69) is 26.1 Å². The number of ether oxygens (including phenoxy) is 2. The number of hydrogen-bond donors (Lipinski definition) is 1. The molecule has 5 heteroatoms. The maximum absolute atomic E-state index is 11.5. The van der Waals surface area contributed by atoms with Crippen LogP contribution in [0.3, 0.4) is 0 Å². The van der Waals surface area contributed by atoms with E-state index in [1.54, 1.807) is 0 Å². The number of esters is 1. The molecule has 1 saturated heterocycles. The molecular weight excluding hydrogens is 290 g/mol. The van der Waals surface area contributed by atoms with Crippen LogP contribution in [0, 0.1) is 0 Å². The van der Waals surface area contributed by atoms with Gasteiger partial charge in [0.25, 0.3) is 0 Å². The van der Waals surface area contributed by atoms with E-state index in [4.69, 9.17) is 21.1 Å². The minimum absolute atomic E-state index is 0.0487. The third kappa shape index (κ3) is 3.89. The molecule has 2 rings (SSSR count). The molecule has 1 heterocycles. The Morgan fingerprint density at radius 1 is 1.38 bits per heavy atom. The van der Waals surface area contributed by atoms with Crippen LogP contribution in [0.5, 0.6) is 5.75 Å². The third-order valence-corrected chi connectivity index (χ3v) is 3.96. The van der Waals surface area contributed by atoms with Gasteiger partial charge in [0, 0.05) is 13.0 Å². The van der Waals surface area contributed by atoms with Gasteiger partial charge in [-0.1, -0.05) is 38.4 Å². The Morgan fingerprint density at radius 2 is 2.10 bits per heavy atom. The topological polar surface area (TPSA) is 47.6 Å². The summed E-state index contributed by atoms with van der Waals surface area (Å²) in [4.78, 5) is 11.5. The summed E-state index contributed by atoms with van der Waals surface area (Å²) >= 11 is 6.30. The van der Waals surface area contributed by atoms with Crippen molar-refractivity contribution in [2.75, 3.05) is 13.7 Å². The quantitative estimate of drug-likeness (QED) is 0.872. The van der Waals surface area contributed by atoms with Gasteiger partial charge in [-0.25, -0.2) is 0 Å². The molecule has 0 unspecified atom stereocenters. The van der Waals surface area contributed by atoms with E-state index in [0.29, 0.717) is 23.7 Å². The molecule has 0 aliphatic carbocycles. The molecule has 0 amide bonds. The van der Waals surface area contributed by atoms with Crippen LogP contribution in [0.25, 0.3) is 0 Å². The first-order valence-electron chi connectivity index (χ1n) is 7.09. The van der Waals surface area contributed by atoms with Gasteiger partial charge in [-0.15, -0.1) is 0 Å². The number of carbonyl (C=O) groups is 1. The first-order valence-corrected chi connectivity index (χ1v) is 7.47. The highest BCUT2D eigenvalue weighted by Gasteiger charge is 2.31. The molecule has 21 heavy (non-hydrogen) atoms. The predicted octanol–water partition coefficient (Wildman–Crippen LogP) is 2.92. The highest BCUT2D eigenvalue weighted by atomic mass is 35.5. The molecule has 1 N–H and O–H groups in total. The Balaban J connectivity index is 2.03. The van der Waals surface area contributed by atoms with E-state index in [9.17, 15) is 4.79 Å². The van der Waals surface area contributed by atoms with Crippen molar-refractivity contribution in [3.63, 3.8) is 0 Å². The summed E-state index contributed by atoms with van der Waals surface area (Å²) in [5, 5.41) is 3.69. The standard InChI is InChI=1S/C16H22ClNO3/c1-16(2,3)10-5-6-14(12(17)7-10)21-11-8-13(18-9-11)15(19)20-4/h5-7,11,13,18H,8-9H2,1-4H3/t11-,13-/m0/s1. The molecule has 0 aromatic heterocycles. The number of rotatable bonds is 3. The number of methoxy groups -OCH3 is 1. The summed E-state index contributed by atoms with van der Waals surface area (Å²) in [7, 11) is 1.39. The molecule has 4 nitrogen and oxygen atoms in total. The molecule has 0 spiro atoms. The lowest BCUT2D eigenvalue weighted by molar-refractivity contribution is -0.142. The van der Waals surface area contributed by atoms with E-state index in [-0.39, 0.29) is 23.5 Å². The highest BCUT2D eigenvalue weighted by molar-refractivity contribution is 6.32. The molecule has 2 atom stereocenters. The number of halogens is 1. The first-order chi connectivity index (χ1) is 9.81. The van der Waals surface area contributed by atoms with Crippen LogP contribution in [0.4, 0.5) is 0 Å². The predicted molar refractivity (Wildman–Crippen MR) is 83.0 cm³/mol. The zero-order valence-corrected chi connectivity index (χ0v) is 13.7. The SMILES string of the molecule is COC(=O)[C@@H]1C[C@H](Oc2ccc(C(C)(C)C)cc2Cl)CN1. The van der Waals surface area contributed by atoms with Crippen LogP contribution in [0.15, 0.2) is 18.2 Å². The summed E-state index contributed by atoms with van der Waals surface area (Å²) < 4.78 is 10.6. The zero-order chi connectivity index (χ0) is 15.6. The van der Waals surface area contributed by atoms with E-state index < -0.39 is 0 Å². The molecule has 0 bridgehead atoms. The Kier molecular flexibility index (Phi) is 4.79. The van der Waals surface area contributed by atoms with Crippen molar-refractivity contribution in [3.8, 4) is 5.75 Å². The van der Waals surface area contributed by atoms with E-state index in [1.807, 2.05) is 18.2 Å². The monoisotopic (exact) mass is 311 g/mol. The van der Waals surface area contributed by atoms with Gasteiger partial charge in [0.15, 0.2) is 0 Å². The molecule has 1 fully saturated rings. The third-order valence-electron chi connectivity index (χ3n) is 3.67. The minimum atomic E-state index is -0.298. The normalized spacial score (nSPS) is 22.1. The number of nitrogens with one attached hydrogen (secondary N) is 1. The van der Waals surface area contributed by atoms with E-state index >= 15 is 0 Å². The maximum Gasteiger partial charge on any atom is 0.323 e. The van der Waals surface area contributed by atoms with E-state index in [0.717, 1.165) is 5.56 Å². The van der Waals surface area contributed by atoms with Crippen LogP contribution < -0.4 is 10.1 Å². The molecule has 1 aromatic rings. The van der Waals surface area contributed by atoms with Crippen molar-refractivity contribution < 1.29 is 14.3 Å². The number of carbonyl (C=O) groups excluding carboxylic acids is 1. The lowest BCUT2D eigenvalue weighted by atomic mass is 9.87. The second-order valence-corrected chi connectivity index (χ2v) is 6.76. The molecule has 0 saturated carbocycles. The largest absolute Gasteiger partial charge is 0.487 e. The van der Waals surface area contributed by atoms with Crippen LogP contribution in [-0.2, 0) is 14.9 Å². The van der Waals surface area contributed by atoms with Crippen LogP contribution in [0.2, 0.25) is 5.02 Å². The number of hydrogen-bond acceptors (Lipinski definition) is 4. The summed E-state index contributed by atoms with van der Waals surface area (Å²) in [5.41, 5.74) is 1.21. The van der Waals surface area contributed by atoms with Crippen molar-refractivity contribution >= 4 is 17.6 Å². The molecule has 1 aliphatic heterocycles. The fraction of sp³-hybridized carbons (Fsp3) is 0.562. The van der Waals surface area contributed by atoms with Crippen LogP contribution in [0.1, 0.15) is 32.8 Å². The van der Waals surface area contributed by atoms with Gasteiger partial charge < -0.3 is 14.8 Å². The molecule has 1 aromatic carbocycles. The Labute approximate surface area is 130 Å². The summed E-state index contributed by atoms with van der Waals surface area (Å²) in [6.07, 6.45) is 0.511.